The summed E-state index contributed by atoms with van der Waals surface area (Å²) in [7, 11) is 0. The van der Waals surface area contributed by atoms with Crippen molar-refractivity contribution in [3.8, 4) is 0 Å². The van der Waals surface area contributed by atoms with E-state index in [0.717, 1.165) is 34.4 Å². The topological polar surface area (TPSA) is 57.7 Å². The average molecular weight is 357 g/mol. The minimum atomic E-state index is -0.410. The van der Waals surface area contributed by atoms with Crippen LogP contribution in [0.3, 0.4) is 0 Å². The van der Waals surface area contributed by atoms with Crippen molar-refractivity contribution in [2.75, 3.05) is 19.6 Å². The lowest BCUT2D eigenvalue weighted by Crippen LogP contribution is -2.40. The molecule has 5 nitrogen and oxygen atoms in total. The summed E-state index contributed by atoms with van der Waals surface area (Å²) in [6.45, 7) is 1.24. The molecule has 3 rings (SSSR count). The van der Waals surface area contributed by atoms with Crippen LogP contribution in [0.25, 0.3) is 6.08 Å². The maximum absolute atomic E-state index is 12.3. The second kappa shape index (κ2) is 6.44. The number of carbonyl (C=O) groups excluding carboxylic acids is 3. The molecule has 0 aliphatic carbocycles. The van der Waals surface area contributed by atoms with Gasteiger partial charge in [-0.1, -0.05) is 11.6 Å². The molecule has 0 saturated carbocycles. The maximum atomic E-state index is 12.3. The van der Waals surface area contributed by atoms with Crippen LogP contribution in [-0.4, -0.2) is 46.5 Å². The van der Waals surface area contributed by atoms with E-state index >= 15 is 0 Å². The van der Waals surface area contributed by atoms with Crippen LogP contribution >= 0.6 is 34.7 Å². The molecule has 3 amide bonds. The molecule has 2 saturated heterocycles. The number of halogens is 1. The first-order valence-electron chi connectivity index (χ1n) is 6.83. The van der Waals surface area contributed by atoms with Crippen molar-refractivity contribution in [1.29, 1.82) is 0 Å². The Hall–Kier alpha value is -1.31. The third-order valence-corrected chi connectivity index (χ3v) is 5.58. The normalized spacial score (nSPS) is 20.5. The smallest absolute Gasteiger partial charge is 0.294 e. The molecule has 0 radical (unpaired) electrons. The van der Waals surface area contributed by atoms with Crippen LogP contribution in [0.4, 0.5) is 4.79 Å². The quantitative estimate of drug-likeness (QED) is 0.781. The molecular formula is C14H13ClN2O3S2. The number of hydrogen-bond acceptors (Lipinski definition) is 5. The summed E-state index contributed by atoms with van der Waals surface area (Å²) in [5.74, 6) is -0.577. The number of thiophene rings is 1. The molecule has 0 N–H and O–H groups in total. The fraction of sp³-hybridized carbons (Fsp3) is 0.357. The molecule has 2 aliphatic rings. The van der Waals surface area contributed by atoms with Crippen LogP contribution in [0.15, 0.2) is 17.0 Å². The third-order valence-electron chi connectivity index (χ3n) is 3.49. The van der Waals surface area contributed by atoms with Crippen LogP contribution in [-0.2, 0) is 9.59 Å². The van der Waals surface area contributed by atoms with Crippen LogP contribution in [0.5, 0.6) is 0 Å². The van der Waals surface area contributed by atoms with Crippen molar-refractivity contribution in [3.05, 3.63) is 26.3 Å². The van der Waals surface area contributed by atoms with Crippen LogP contribution in [0.1, 0.15) is 17.7 Å². The largest absolute Gasteiger partial charge is 0.341 e. The molecule has 8 heteroatoms. The van der Waals surface area contributed by atoms with Gasteiger partial charge < -0.3 is 4.90 Å². The van der Waals surface area contributed by atoms with Gasteiger partial charge in [0.15, 0.2) is 0 Å². The minimum Gasteiger partial charge on any atom is -0.341 e. The van der Waals surface area contributed by atoms with Gasteiger partial charge in [0, 0.05) is 18.0 Å². The number of rotatable bonds is 3. The highest BCUT2D eigenvalue weighted by Gasteiger charge is 2.37. The molecule has 22 heavy (non-hydrogen) atoms. The van der Waals surface area contributed by atoms with Crippen molar-refractivity contribution in [2.24, 2.45) is 0 Å². The second-order valence-electron chi connectivity index (χ2n) is 5.00. The van der Waals surface area contributed by atoms with Gasteiger partial charge in [-0.05, 0) is 42.8 Å². The third kappa shape index (κ3) is 3.21. The Labute approximate surface area is 140 Å². The summed E-state index contributed by atoms with van der Waals surface area (Å²) < 4.78 is 0.620. The highest BCUT2D eigenvalue weighted by atomic mass is 35.5. The van der Waals surface area contributed by atoms with E-state index in [4.69, 9.17) is 11.6 Å². The second-order valence-corrected chi connectivity index (χ2v) is 7.74. The van der Waals surface area contributed by atoms with E-state index in [1.807, 2.05) is 0 Å². The van der Waals surface area contributed by atoms with Gasteiger partial charge in [-0.3, -0.25) is 19.3 Å². The van der Waals surface area contributed by atoms with Crippen molar-refractivity contribution in [3.63, 3.8) is 0 Å². The number of thioether (sulfide) groups is 1. The van der Waals surface area contributed by atoms with Crippen molar-refractivity contribution in [1.82, 2.24) is 9.80 Å². The maximum Gasteiger partial charge on any atom is 0.294 e. The summed E-state index contributed by atoms with van der Waals surface area (Å²) in [5.41, 5.74) is 0. The average Bonchev–Trinajstić information content (AvgIpc) is 3.18. The predicted octanol–water partition coefficient (Wildman–Crippen LogP) is 3.06. The van der Waals surface area contributed by atoms with E-state index in [1.54, 1.807) is 23.1 Å². The summed E-state index contributed by atoms with van der Waals surface area (Å²) in [6.07, 6.45) is 3.60. The zero-order chi connectivity index (χ0) is 15.7. The number of imide groups is 1. The van der Waals surface area contributed by atoms with Gasteiger partial charge in [0.25, 0.3) is 11.1 Å². The first-order valence-corrected chi connectivity index (χ1v) is 8.84. The summed E-state index contributed by atoms with van der Waals surface area (Å²) in [5, 5.41) is -0.397. The van der Waals surface area contributed by atoms with Gasteiger partial charge in [-0.25, -0.2) is 0 Å². The predicted molar refractivity (Wildman–Crippen MR) is 87.8 cm³/mol. The van der Waals surface area contributed by atoms with Crippen molar-refractivity contribution in [2.45, 2.75) is 12.8 Å². The number of nitrogens with zero attached hydrogens (tertiary/aromatic N) is 2. The fourth-order valence-corrected chi connectivity index (χ4v) is 4.28. The summed E-state index contributed by atoms with van der Waals surface area (Å²) in [4.78, 5) is 40.2. The molecule has 0 atom stereocenters. The molecule has 0 spiro atoms. The van der Waals surface area contributed by atoms with Crippen LogP contribution in [0, 0.1) is 0 Å². The highest BCUT2D eigenvalue weighted by molar-refractivity contribution is 8.18. The standard InChI is InChI=1S/C14H13ClN2O3S2/c15-11-4-3-9(21-11)7-10-13(19)17(14(20)22-10)8-12(18)16-5-1-2-6-16/h3-4,7H,1-2,5-6,8H2/b10-7+. The van der Waals surface area contributed by atoms with Gasteiger partial charge in [0.05, 0.1) is 9.24 Å². The Kier molecular flexibility index (Phi) is 4.56. The van der Waals surface area contributed by atoms with E-state index in [2.05, 4.69) is 0 Å². The van der Waals surface area contributed by atoms with Gasteiger partial charge >= 0.3 is 0 Å². The molecule has 116 valence electrons. The van der Waals surface area contributed by atoms with E-state index < -0.39 is 11.1 Å². The van der Waals surface area contributed by atoms with E-state index in [0.29, 0.717) is 22.3 Å². The van der Waals surface area contributed by atoms with Gasteiger partial charge in [-0.2, -0.15) is 0 Å². The van der Waals surface area contributed by atoms with Gasteiger partial charge in [-0.15, -0.1) is 11.3 Å². The first kappa shape index (κ1) is 15.6. The Morgan fingerprint density at radius 1 is 1.27 bits per heavy atom. The molecule has 1 aromatic heterocycles. The molecule has 2 aliphatic heterocycles. The summed E-state index contributed by atoms with van der Waals surface area (Å²) in [6, 6.07) is 3.52. The Morgan fingerprint density at radius 3 is 2.64 bits per heavy atom. The lowest BCUT2D eigenvalue weighted by molar-refractivity contribution is -0.135. The van der Waals surface area contributed by atoms with Crippen molar-refractivity contribution >= 4 is 57.8 Å². The molecule has 2 fully saturated rings. The first-order chi connectivity index (χ1) is 10.5. The molecule has 3 heterocycles. The zero-order valence-corrected chi connectivity index (χ0v) is 14.0. The molecule has 1 aromatic rings. The monoisotopic (exact) mass is 356 g/mol. The van der Waals surface area contributed by atoms with Gasteiger partial charge in [0.1, 0.15) is 6.54 Å². The number of amides is 3. The number of carbonyl (C=O) groups is 3. The van der Waals surface area contributed by atoms with E-state index in [-0.39, 0.29) is 12.5 Å². The molecule has 0 bridgehead atoms. The summed E-state index contributed by atoms with van der Waals surface area (Å²) >= 11 is 8.04. The SMILES string of the molecule is O=C(CN1C(=O)S/C(=C/c2ccc(Cl)s2)C1=O)N1CCCC1. The fourth-order valence-electron chi connectivity index (χ4n) is 2.37. The lowest BCUT2D eigenvalue weighted by Gasteiger charge is -2.18. The Balaban J connectivity index is 1.71. The molecular weight excluding hydrogens is 344 g/mol. The zero-order valence-electron chi connectivity index (χ0n) is 11.6. The minimum absolute atomic E-state index is 0.166. The molecule has 0 unspecified atom stereocenters. The van der Waals surface area contributed by atoms with E-state index in [9.17, 15) is 14.4 Å². The lowest BCUT2D eigenvalue weighted by atomic mass is 10.3. The number of likely N-dealkylation sites (tertiary alicyclic amines) is 1. The Morgan fingerprint density at radius 2 is 2.00 bits per heavy atom. The highest BCUT2D eigenvalue weighted by Crippen LogP contribution is 2.34. The Bertz CT molecular complexity index is 665. The van der Waals surface area contributed by atoms with Gasteiger partial charge in [0.2, 0.25) is 5.91 Å². The van der Waals surface area contributed by atoms with E-state index in [1.165, 1.54) is 11.3 Å². The van der Waals surface area contributed by atoms with Crippen molar-refractivity contribution < 1.29 is 14.4 Å². The molecule has 0 aromatic carbocycles. The van der Waals surface area contributed by atoms with Crippen LogP contribution in [0.2, 0.25) is 4.34 Å². The van der Waals surface area contributed by atoms with Crippen LogP contribution < -0.4 is 0 Å². The number of hydrogen-bond donors (Lipinski definition) is 0.